The van der Waals surface area contributed by atoms with Crippen LogP contribution in [0.1, 0.15) is 18.4 Å². The number of aryl methyl sites for hydroxylation is 1. The zero-order valence-corrected chi connectivity index (χ0v) is 11.4. The number of amides is 1. The van der Waals surface area contributed by atoms with E-state index in [1.165, 1.54) is 0 Å². The lowest BCUT2D eigenvalue weighted by atomic mass is 10.3. The van der Waals surface area contributed by atoms with Gasteiger partial charge in [0.15, 0.2) is 6.61 Å². The van der Waals surface area contributed by atoms with Crippen LogP contribution in [0.3, 0.4) is 0 Å². The van der Waals surface area contributed by atoms with Crippen molar-refractivity contribution >= 4 is 5.91 Å². The van der Waals surface area contributed by atoms with E-state index in [9.17, 15) is 4.79 Å². The Labute approximate surface area is 117 Å². The van der Waals surface area contributed by atoms with E-state index in [4.69, 9.17) is 4.74 Å². The largest absolute Gasteiger partial charge is 0.484 e. The number of ether oxygens (including phenoxy) is 1. The maximum Gasteiger partial charge on any atom is 0.258 e. The highest BCUT2D eigenvalue weighted by Gasteiger charge is 2.23. The molecular weight excluding hydrogens is 254 g/mol. The minimum Gasteiger partial charge on any atom is -0.484 e. The second-order valence-corrected chi connectivity index (χ2v) is 5.09. The zero-order chi connectivity index (χ0) is 13.9. The summed E-state index contributed by atoms with van der Waals surface area (Å²) in [7, 11) is 0. The first kappa shape index (κ1) is 12.7. The number of carbonyl (C=O) groups is 1. The quantitative estimate of drug-likeness (QED) is 0.902. The van der Waals surface area contributed by atoms with Gasteiger partial charge in [-0.3, -0.25) is 4.79 Å². The zero-order valence-electron chi connectivity index (χ0n) is 11.4. The van der Waals surface area contributed by atoms with Gasteiger partial charge in [0.1, 0.15) is 5.75 Å². The van der Waals surface area contributed by atoms with Gasteiger partial charge in [-0.15, -0.1) is 0 Å². The van der Waals surface area contributed by atoms with E-state index in [-0.39, 0.29) is 12.5 Å². The normalized spacial score (nSPS) is 14.1. The molecule has 0 radical (unpaired) electrons. The summed E-state index contributed by atoms with van der Waals surface area (Å²) in [6.45, 7) is 2.07. The van der Waals surface area contributed by atoms with Crippen molar-refractivity contribution in [2.45, 2.75) is 25.8 Å². The van der Waals surface area contributed by atoms with Crippen LogP contribution in [0.2, 0.25) is 0 Å². The monoisotopic (exact) mass is 271 g/mol. The molecule has 1 aromatic carbocycles. The molecule has 2 aromatic rings. The fraction of sp³-hybridized carbons (Fsp3) is 0.333. The number of benzene rings is 1. The van der Waals surface area contributed by atoms with Gasteiger partial charge in [0.25, 0.3) is 5.91 Å². The van der Waals surface area contributed by atoms with Gasteiger partial charge in [-0.1, -0.05) is 0 Å². The molecule has 1 amide bonds. The summed E-state index contributed by atoms with van der Waals surface area (Å²) in [5.74, 6) is 0.628. The van der Waals surface area contributed by atoms with Crippen LogP contribution in [0.15, 0.2) is 36.7 Å². The van der Waals surface area contributed by atoms with Gasteiger partial charge in [-0.25, -0.2) is 4.68 Å². The fourth-order valence-corrected chi connectivity index (χ4v) is 1.90. The SMILES string of the molecule is Cc1cnn(-c2ccc(OCC(=O)NC3CC3)cc2)c1. The van der Waals surface area contributed by atoms with Crippen LogP contribution < -0.4 is 10.1 Å². The summed E-state index contributed by atoms with van der Waals surface area (Å²) in [6.07, 6.45) is 5.94. The number of carbonyl (C=O) groups excluding carboxylic acids is 1. The maximum atomic E-state index is 11.5. The Morgan fingerprint density at radius 1 is 1.40 bits per heavy atom. The third-order valence-electron chi connectivity index (χ3n) is 3.13. The van der Waals surface area contributed by atoms with Gasteiger partial charge < -0.3 is 10.1 Å². The molecule has 0 spiro atoms. The predicted octanol–water partition coefficient (Wildman–Crippen LogP) is 1.84. The molecule has 0 bridgehead atoms. The van der Waals surface area contributed by atoms with Crippen molar-refractivity contribution in [3.8, 4) is 11.4 Å². The first-order valence-corrected chi connectivity index (χ1v) is 6.74. The molecule has 1 fully saturated rings. The second-order valence-electron chi connectivity index (χ2n) is 5.09. The van der Waals surface area contributed by atoms with Crippen LogP contribution in [-0.4, -0.2) is 28.3 Å². The minimum absolute atomic E-state index is 0.0562. The molecule has 1 aliphatic carbocycles. The average molecular weight is 271 g/mol. The Hall–Kier alpha value is -2.30. The van der Waals surface area contributed by atoms with Crippen LogP contribution in [0.25, 0.3) is 5.69 Å². The number of aromatic nitrogens is 2. The molecule has 0 atom stereocenters. The van der Waals surface area contributed by atoms with Crippen molar-refractivity contribution in [3.63, 3.8) is 0 Å². The first-order chi connectivity index (χ1) is 9.70. The summed E-state index contributed by atoms with van der Waals surface area (Å²) in [4.78, 5) is 11.5. The van der Waals surface area contributed by atoms with Gasteiger partial charge in [0.2, 0.25) is 0 Å². The number of rotatable bonds is 5. The highest BCUT2D eigenvalue weighted by atomic mass is 16.5. The summed E-state index contributed by atoms with van der Waals surface area (Å²) >= 11 is 0. The molecule has 20 heavy (non-hydrogen) atoms. The van der Waals surface area contributed by atoms with Crippen LogP contribution in [0.5, 0.6) is 5.75 Å². The Morgan fingerprint density at radius 2 is 2.15 bits per heavy atom. The molecule has 0 unspecified atom stereocenters. The van der Waals surface area contributed by atoms with E-state index in [2.05, 4.69) is 10.4 Å². The van der Waals surface area contributed by atoms with E-state index in [1.54, 1.807) is 4.68 Å². The van der Waals surface area contributed by atoms with Crippen molar-refractivity contribution in [3.05, 3.63) is 42.2 Å². The lowest BCUT2D eigenvalue weighted by Gasteiger charge is -2.07. The molecule has 0 saturated heterocycles. The Bertz CT molecular complexity index is 600. The number of hydrogen-bond donors (Lipinski definition) is 1. The lowest BCUT2D eigenvalue weighted by Crippen LogP contribution is -2.30. The third-order valence-corrected chi connectivity index (χ3v) is 3.13. The van der Waals surface area contributed by atoms with Crippen molar-refractivity contribution in [2.75, 3.05) is 6.61 Å². The Morgan fingerprint density at radius 3 is 2.75 bits per heavy atom. The molecule has 104 valence electrons. The Kier molecular flexibility index (Phi) is 3.41. The van der Waals surface area contributed by atoms with Gasteiger partial charge in [-0.2, -0.15) is 5.10 Å². The van der Waals surface area contributed by atoms with E-state index in [0.717, 1.165) is 24.1 Å². The van der Waals surface area contributed by atoms with Crippen LogP contribution in [-0.2, 0) is 4.79 Å². The molecule has 0 aliphatic heterocycles. The third kappa shape index (κ3) is 3.17. The van der Waals surface area contributed by atoms with E-state index in [1.807, 2.05) is 43.6 Å². The second kappa shape index (κ2) is 5.36. The van der Waals surface area contributed by atoms with Crippen LogP contribution in [0.4, 0.5) is 0 Å². The highest BCUT2D eigenvalue weighted by Crippen LogP contribution is 2.19. The van der Waals surface area contributed by atoms with Crippen LogP contribution in [0, 0.1) is 6.92 Å². The standard InChI is InChI=1S/C15H17N3O2/c1-11-8-16-18(9-11)13-4-6-14(7-5-13)20-10-15(19)17-12-2-3-12/h4-9,12H,2-3,10H2,1H3,(H,17,19). The highest BCUT2D eigenvalue weighted by molar-refractivity contribution is 5.78. The molecule has 1 aliphatic rings. The smallest absolute Gasteiger partial charge is 0.258 e. The molecule has 1 N–H and O–H groups in total. The van der Waals surface area contributed by atoms with Gasteiger partial charge >= 0.3 is 0 Å². The number of nitrogens with one attached hydrogen (secondary N) is 1. The summed E-state index contributed by atoms with van der Waals surface area (Å²) < 4.78 is 7.26. The summed E-state index contributed by atoms with van der Waals surface area (Å²) in [5, 5.41) is 7.13. The van der Waals surface area contributed by atoms with Crippen molar-refractivity contribution in [1.82, 2.24) is 15.1 Å². The topological polar surface area (TPSA) is 56.2 Å². The van der Waals surface area contributed by atoms with Crippen LogP contribution >= 0.6 is 0 Å². The number of hydrogen-bond acceptors (Lipinski definition) is 3. The van der Waals surface area contributed by atoms with Crippen molar-refractivity contribution in [2.24, 2.45) is 0 Å². The Balaban J connectivity index is 1.56. The van der Waals surface area contributed by atoms with E-state index < -0.39 is 0 Å². The van der Waals surface area contributed by atoms with Gasteiger partial charge in [0, 0.05) is 12.2 Å². The molecule has 1 saturated carbocycles. The summed E-state index contributed by atoms with van der Waals surface area (Å²) in [6, 6.07) is 7.89. The minimum atomic E-state index is -0.0562. The number of nitrogens with zero attached hydrogens (tertiary/aromatic N) is 2. The maximum absolute atomic E-state index is 11.5. The molecule has 1 heterocycles. The molecule has 5 nitrogen and oxygen atoms in total. The van der Waals surface area contributed by atoms with Crippen molar-refractivity contribution < 1.29 is 9.53 Å². The van der Waals surface area contributed by atoms with Gasteiger partial charge in [-0.05, 0) is 49.6 Å². The lowest BCUT2D eigenvalue weighted by molar-refractivity contribution is -0.123. The van der Waals surface area contributed by atoms with Gasteiger partial charge in [0.05, 0.1) is 11.9 Å². The molecule has 3 rings (SSSR count). The fourth-order valence-electron chi connectivity index (χ4n) is 1.90. The van der Waals surface area contributed by atoms with E-state index in [0.29, 0.717) is 11.8 Å². The molecular formula is C15H17N3O2. The average Bonchev–Trinajstić information content (AvgIpc) is 3.16. The van der Waals surface area contributed by atoms with Crippen molar-refractivity contribution in [1.29, 1.82) is 0 Å². The first-order valence-electron chi connectivity index (χ1n) is 6.74. The molecule has 1 aromatic heterocycles. The summed E-state index contributed by atoms with van der Waals surface area (Å²) in [5.41, 5.74) is 2.08. The van der Waals surface area contributed by atoms with E-state index >= 15 is 0 Å². The molecule has 5 heteroatoms. The predicted molar refractivity (Wildman–Crippen MR) is 75.0 cm³/mol.